The van der Waals surface area contributed by atoms with Gasteiger partial charge >= 0.3 is 0 Å². The van der Waals surface area contributed by atoms with Gasteiger partial charge in [0.05, 0.1) is 12.1 Å². The van der Waals surface area contributed by atoms with E-state index in [4.69, 9.17) is 13.7 Å². The van der Waals surface area contributed by atoms with Gasteiger partial charge in [-0.15, -0.1) is 0 Å². The monoisotopic (exact) mass is 613 g/mol. The molecule has 0 fully saturated rings. The Hall–Kier alpha value is -5.46. The van der Waals surface area contributed by atoms with E-state index in [-0.39, 0.29) is 0 Å². The first-order chi connectivity index (χ1) is 23.3. The number of hydrogen-bond acceptors (Lipinski definition) is 1. The Morgan fingerprint density at radius 3 is 2.00 bits per heavy atom. The van der Waals surface area contributed by atoms with Crippen LogP contribution in [0.15, 0.2) is 120 Å². The van der Waals surface area contributed by atoms with Gasteiger partial charge in [0, 0.05) is 25.6 Å². The van der Waals surface area contributed by atoms with Crippen molar-refractivity contribution in [3.63, 3.8) is 0 Å². The van der Waals surface area contributed by atoms with E-state index in [9.17, 15) is 0 Å². The van der Waals surface area contributed by atoms with E-state index in [1.165, 1.54) is 0 Å². The van der Waals surface area contributed by atoms with Crippen LogP contribution in [0.25, 0.3) is 71.4 Å². The van der Waals surface area contributed by atoms with E-state index in [0.29, 0.717) is 5.69 Å². The zero-order valence-electron chi connectivity index (χ0n) is 29.8. The molecule has 7 aromatic rings. The molecule has 3 nitrogen and oxygen atoms in total. The van der Waals surface area contributed by atoms with Gasteiger partial charge in [0.15, 0.2) is 11.9 Å². The topological polar surface area (TPSA) is 21.4 Å². The van der Waals surface area contributed by atoms with Gasteiger partial charge in [-0.05, 0) is 80.9 Å². The molecule has 2 heterocycles. The third-order valence-electron chi connectivity index (χ3n) is 9.23. The summed E-state index contributed by atoms with van der Waals surface area (Å²) in [5.74, 6) is -1.72. The Balaban J connectivity index is 1.41. The van der Waals surface area contributed by atoms with Crippen molar-refractivity contribution in [2.45, 2.75) is 46.4 Å². The summed E-state index contributed by atoms with van der Waals surface area (Å²) >= 11 is 0. The SMILES string of the molecule is [2H]C(C)(C)c1cccc(C([2H])(C)C)c1-c1cc[n+](C)c(-c2c(C)ccc3c2oc2cc(-c4ccc(-c5ccccc5)cc4)c([N+]#[C-])cc23)c1. The highest BCUT2D eigenvalue weighted by Crippen LogP contribution is 2.43. The Bertz CT molecular complexity index is 2390. The van der Waals surface area contributed by atoms with Crippen LogP contribution in [0.4, 0.5) is 5.69 Å². The maximum atomic E-state index is 8.99. The minimum atomic E-state index is -0.858. The van der Waals surface area contributed by atoms with Gasteiger partial charge in [0.2, 0.25) is 5.69 Å². The first-order valence-electron chi connectivity index (χ1n) is 17.0. The molecule has 0 radical (unpaired) electrons. The molecule has 3 heteroatoms. The smallest absolute Gasteiger partial charge is 0.216 e. The summed E-state index contributed by atoms with van der Waals surface area (Å²) in [4.78, 5) is 3.95. The number of benzene rings is 5. The van der Waals surface area contributed by atoms with Crippen molar-refractivity contribution in [2.75, 3.05) is 0 Å². The van der Waals surface area contributed by atoms with Crippen LogP contribution in [0, 0.1) is 13.5 Å². The van der Waals surface area contributed by atoms with Crippen LogP contribution >= 0.6 is 0 Å². The quantitative estimate of drug-likeness (QED) is 0.135. The molecule has 0 aliphatic rings. The Morgan fingerprint density at radius 1 is 0.681 bits per heavy atom. The van der Waals surface area contributed by atoms with Crippen molar-refractivity contribution >= 4 is 27.6 Å². The maximum Gasteiger partial charge on any atom is 0.216 e. The zero-order chi connectivity index (χ0) is 34.7. The van der Waals surface area contributed by atoms with Gasteiger partial charge in [0.1, 0.15) is 18.2 Å². The fourth-order valence-corrected chi connectivity index (χ4v) is 6.76. The van der Waals surface area contributed by atoms with Crippen molar-refractivity contribution in [2.24, 2.45) is 7.05 Å². The summed E-state index contributed by atoms with van der Waals surface area (Å²) in [6, 6.07) is 37.0. The highest BCUT2D eigenvalue weighted by Gasteiger charge is 2.24. The molecule has 0 amide bonds. The lowest BCUT2D eigenvalue weighted by atomic mass is 9.85. The van der Waals surface area contributed by atoms with Crippen molar-refractivity contribution in [3.05, 3.63) is 143 Å². The number of furan rings is 1. The molecule has 0 saturated carbocycles. The van der Waals surface area contributed by atoms with Crippen LogP contribution in [0.3, 0.4) is 0 Å². The molecule has 0 bridgehead atoms. The van der Waals surface area contributed by atoms with E-state index in [1.807, 2.05) is 89.5 Å². The fourth-order valence-electron chi connectivity index (χ4n) is 6.76. The van der Waals surface area contributed by atoms with Crippen LogP contribution in [-0.2, 0) is 7.05 Å². The van der Waals surface area contributed by atoms with E-state index in [2.05, 4.69) is 77.0 Å². The van der Waals surface area contributed by atoms with Gasteiger partial charge in [-0.3, -0.25) is 0 Å². The Morgan fingerprint density at radius 2 is 1.34 bits per heavy atom. The lowest BCUT2D eigenvalue weighted by Crippen LogP contribution is -2.30. The number of rotatable bonds is 6. The van der Waals surface area contributed by atoms with Crippen molar-refractivity contribution < 1.29 is 11.7 Å². The van der Waals surface area contributed by atoms with Crippen LogP contribution in [-0.4, -0.2) is 0 Å². The van der Waals surface area contributed by atoms with E-state index >= 15 is 0 Å². The molecule has 0 atom stereocenters. The average Bonchev–Trinajstić information content (AvgIpc) is 3.45. The summed E-state index contributed by atoms with van der Waals surface area (Å²) in [7, 11) is 2.03. The summed E-state index contributed by atoms with van der Waals surface area (Å²) in [5, 5.41) is 1.86. The number of aromatic nitrogens is 1. The van der Waals surface area contributed by atoms with E-state index in [0.717, 1.165) is 83.3 Å². The highest BCUT2D eigenvalue weighted by molar-refractivity contribution is 6.12. The molecule has 230 valence electrons. The molecular formula is C44H39N2O+. The van der Waals surface area contributed by atoms with Gasteiger partial charge in [-0.1, -0.05) is 113 Å². The maximum absolute atomic E-state index is 8.99. The first-order valence-corrected chi connectivity index (χ1v) is 16.0. The molecule has 0 N–H and O–H groups in total. The summed E-state index contributed by atoms with van der Waals surface area (Å²) < 4.78 is 26.8. The first kappa shape index (κ1) is 27.8. The largest absolute Gasteiger partial charge is 0.455 e. The Labute approximate surface area is 280 Å². The molecular weight excluding hydrogens is 572 g/mol. The second-order valence-electron chi connectivity index (χ2n) is 12.8. The molecule has 7 rings (SSSR count). The predicted octanol–water partition coefficient (Wildman–Crippen LogP) is 12.2. The number of fused-ring (bicyclic) bond motifs is 3. The molecule has 47 heavy (non-hydrogen) atoms. The minimum Gasteiger partial charge on any atom is -0.455 e. The lowest BCUT2D eigenvalue weighted by Gasteiger charge is -2.20. The molecule has 0 aliphatic heterocycles. The van der Waals surface area contributed by atoms with Gasteiger partial charge in [0.25, 0.3) is 0 Å². The minimum absolute atomic E-state index is 0.581. The molecule has 0 unspecified atom stereocenters. The lowest BCUT2D eigenvalue weighted by molar-refractivity contribution is -0.660. The molecule has 0 spiro atoms. The average molecular weight is 614 g/mol. The predicted molar refractivity (Wildman–Crippen MR) is 196 cm³/mol. The highest BCUT2D eigenvalue weighted by atomic mass is 16.3. The van der Waals surface area contributed by atoms with Crippen molar-refractivity contribution in [1.82, 2.24) is 0 Å². The molecule has 0 saturated heterocycles. The van der Waals surface area contributed by atoms with Crippen LogP contribution in [0.1, 0.15) is 58.9 Å². The van der Waals surface area contributed by atoms with Crippen LogP contribution in [0.5, 0.6) is 0 Å². The third-order valence-corrected chi connectivity index (χ3v) is 9.23. The molecule has 2 aromatic heterocycles. The molecule has 5 aromatic carbocycles. The standard InChI is InChI=1S/C44H39N2O/c1-27(2)34-14-11-15-35(28(3)4)43(34)33-22-23-46(7)40(24-33)42-29(5)16-21-36-38-25-39(45-6)37(26-41(38)47-44(36)42)32-19-17-31(18-20-32)30-12-9-8-10-13-30/h8-28H,1-5,7H3/q+1/i27D,28D. The Kier molecular flexibility index (Phi) is 7.13. The van der Waals surface area contributed by atoms with E-state index in [1.54, 1.807) is 0 Å². The van der Waals surface area contributed by atoms with Gasteiger partial charge in [-0.25, -0.2) is 9.41 Å². The van der Waals surface area contributed by atoms with Crippen LogP contribution in [0.2, 0.25) is 0 Å². The normalized spacial score (nSPS) is 12.6. The van der Waals surface area contributed by atoms with Gasteiger partial charge in [-0.2, -0.15) is 0 Å². The third kappa shape index (κ3) is 5.30. The number of nitrogens with zero attached hydrogens (tertiary/aromatic N) is 2. The van der Waals surface area contributed by atoms with Crippen molar-refractivity contribution in [1.29, 1.82) is 0 Å². The molecule has 0 aliphatic carbocycles. The zero-order valence-corrected chi connectivity index (χ0v) is 27.8. The van der Waals surface area contributed by atoms with Crippen LogP contribution < -0.4 is 4.57 Å². The van der Waals surface area contributed by atoms with E-state index < -0.39 is 11.8 Å². The van der Waals surface area contributed by atoms with Crippen molar-refractivity contribution in [3.8, 4) is 44.6 Å². The second kappa shape index (κ2) is 12.0. The summed E-state index contributed by atoms with van der Waals surface area (Å²) in [6.07, 6.45) is 2.05. The van der Waals surface area contributed by atoms with Gasteiger partial charge < -0.3 is 4.42 Å². The number of pyridine rings is 1. The summed E-state index contributed by atoms with van der Waals surface area (Å²) in [5.41, 5.74) is 12.8. The number of aryl methyl sites for hydroxylation is 2. The fraction of sp³-hybridized carbons (Fsp3) is 0.182. The number of hydrogen-bond donors (Lipinski definition) is 0. The second-order valence-corrected chi connectivity index (χ2v) is 12.8. The summed E-state index contributed by atoms with van der Waals surface area (Å²) in [6.45, 7) is 17.8.